The molecule has 1 aromatic rings. The van der Waals surface area contributed by atoms with Crippen molar-refractivity contribution >= 4 is 5.91 Å². The molecule has 0 aliphatic carbocycles. The highest BCUT2D eigenvalue weighted by Crippen LogP contribution is 2.17. The molecule has 0 aromatic heterocycles. The van der Waals surface area contributed by atoms with Crippen molar-refractivity contribution in [2.45, 2.75) is 38.6 Å². The molecule has 1 heterocycles. The van der Waals surface area contributed by atoms with E-state index < -0.39 is 0 Å². The lowest BCUT2D eigenvalue weighted by Gasteiger charge is -2.30. The van der Waals surface area contributed by atoms with E-state index in [1.165, 1.54) is 5.56 Å². The van der Waals surface area contributed by atoms with E-state index in [9.17, 15) is 4.79 Å². The summed E-state index contributed by atoms with van der Waals surface area (Å²) in [5, 5.41) is 0. The van der Waals surface area contributed by atoms with Crippen LogP contribution >= 0.6 is 0 Å². The van der Waals surface area contributed by atoms with Gasteiger partial charge in [0.2, 0.25) is 0 Å². The number of benzene rings is 1. The van der Waals surface area contributed by atoms with Crippen molar-refractivity contribution in [3.8, 4) is 0 Å². The Hall–Kier alpha value is -1.35. The topological polar surface area (TPSA) is 46.3 Å². The van der Waals surface area contributed by atoms with Crippen LogP contribution < -0.4 is 5.73 Å². The maximum atomic E-state index is 12.3. The van der Waals surface area contributed by atoms with E-state index in [4.69, 9.17) is 5.73 Å². The molecule has 3 nitrogen and oxygen atoms in total. The molecule has 1 amide bonds. The van der Waals surface area contributed by atoms with Crippen LogP contribution in [0.4, 0.5) is 0 Å². The van der Waals surface area contributed by atoms with Crippen molar-refractivity contribution in [2.24, 2.45) is 5.73 Å². The predicted octanol–water partition coefficient (Wildman–Crippen LogP) is 2.37. The average molecular weight is 246 g/mol. The minimum atomic E-state index is 0.136. The summed E-state index contributed by atoms with van der Waals surface area (Å²) in [6, 6.07) is 8.23. The Morgan fingerprint density at radius 1 is 1.22 bits per heavy atom. The molecule has 18 heavy (non-hydrogen) atoms. The lowest BCUT2D eigenvalue weighted by Crippen LogP contribution is -2.42. The molecule has 98 valence electrons. The summed E-state index contributed by atoms with van der Waals surface area (Å²) in [6.07, 6.45) is 1.83. The molecule has 1 aliphatic heterocycles. The number of carbonyl (C=O) groups is 1. The molecular weight excluding hydrogens is 224 g/mol. The van der Waals surface area contributed by atoms with Gasteiger partial charge in [0.1, 0.15) is 0 Å². The zero-order valence-electron chi connectivity index (χ0n) is 11.2. The van der Waals surface area contributed by atoms with Crippen LogP contribution in [0.1, 0.15) is 48.5 Å². The first-order valence-electron chi connectivity index (χ1n) is 6.72. The van der Waals surface area contributed by atoms with Crippen LogP contribution in [0.25, 0.3) is 0 Å². The normalized spacial score (nSPS) is 17.2. The quantitative estimate of drug-likeness (QED) is 0.871. The standard InChI is InChI=1S/C15H22N2O/c1-11(2)12-3-5-13(6-4-12)15(18)17-9-7-14(16)8-10-17/h3-6,11,14H,7-10,16H2,1-2H3. The third kappa shape index (κ3) is 2.91. The summed E-state index contributed by atoms with van der Waals surface area (Å²) in [4.78, 5) is 14.2. The van der Waals surface area contributed by atoms with Crippen LogP contribution in [-0.2, 0) is 0 Å². The smallest absolute Gasteiger partial charge is 0.253 e. The summed E-state index contributed by atoms with van der Waals surface area (Å²) >= 11 is 0. The minimum absolute atomic E-state index is 0.136. The van der Waals surface area contributed by atoms with Gasteiger partial charge < -0.3 is 10.6 Å². The van der Waals surface area contributed by atoms with Crippen molar-refractivity contribution in [2.75, 3.05) is 13.1 Å². The third-order valence-corrected chi connectivity index (χ3v) is 3.65. The molecule has 0 bridgehead atoms. The second-order valence-corrected chi connectivity index (χ2v) is 5.41. The van der Waals surface area contributed by atoms with Gasteiger partial charge in [0.05, 0.1) is 0 Å². The Kier molecular flexibility index (Phi) is 4.02. The average Bonchev–Trinajstić information content (AvgIpc) is 2.39. The highest BCUT2D eigenvalue weighted by Gasteiger charge is 2.21. The fourth-order valence-electron chi connectivity index (χ4n) is 2.30. The number of rotatable bonds is 2. The van der Waals surface area contributed by atoms with Crippen LogP contribution in [0.15, 0.2) is 24.3 Å². The Bertz CT molecular complexity index is 403. The molecular formula is C15H22N2O. The Labute approximate surface area is 109 Å². The number of piperidine rings is 1. The zero-order valence-corrected chi connectivity index (χ0v) is 11.2. The number of hydrogen-bond acceptors (Lipinski definition) is 2. The zero-order chi connectivity index (χ0) is 13.1. The Balaban J connectivity index is 2.04. The molecule has 0 saturated carbocycles. The van der Waals surface area contributed by atoms with E-state index in [1.807, 2.05) is 29.2 Å². The molecule has 2 N–H and O–H groups in total. The molecule has 1 aliphatic rings. The van der Waals surface area contributed by atoms with Crippen LogP contribution in [0.2, 0.25) is 0 Å². The van der Waals surface area contributed by atoms with Gasteiger partial charge in [-0.25, -0.2) is 0 Å². The van der Waals surface area contributed by atoms with Gasteiger partial charge in [0, 0.05) is 24.7 Å². The van der Waals surface area contributed by atoms with E-state index in [0.717, 1.165) is 31.5 Å². The Morgan fingerprint density at radius 3 is 2.28 bits per heavy atom. The lowest BCUT2D eigenvalue weighted by molar-refractivity contribution is 0.0714. The van der Waals surface area contributed by atoms with E-state index >= 15 is 0 Å². The van der Waals surface area contributed by atoms with Gasteiger partial charge in [-0.15, -0.1) is 0 Å². The molecule has 2 rings (SSSR count). The molecule has 1 aromatic carbocycles. The van der Waals surface area contributed by atoms with Crippen LogP contribution in [0, 0.1) is 0 Å². The van der Waals surface area contributed by atoms with Crippen LogP contribution in [0.3, 0.4) is 0 Å². The molecule has 1 saturated heterocycles. The number of likely N-dealkylation sites (tertiary alicyclic amines) is 1. The maximum absolute atomic E-state index is 12.3. The number of carbonyl (C=O) groups excluding carboxylic acids is 1. The minimum Gasteiger partial charge on any atom is -0.339 e. The van der Waals surface area contributed by atoms with Crippen LogP contribution in [0.5, 0.6) is 0 Å². The summed E-state index contributed by atoms with van der Waals surface area (Å²) < 4.78 is 0. The molecule has 1 fully saturated rings. The van der Waals surface area contributed by atoms with Gasteiger partial charge in [-0.3, -0.25) is 4.79 Å². The third-order valence-electron chi connectivity index (χ3n) is 3.65. The summed E-state index contributed by atoms with van der Waals surface area (Å²) in [6.45, 7) is 5.88. The Morgan fingerprint density at radius 2 is 1.78 bits per heavy atom. The van der Waals surface area contributed by atoms with Crippen molar-refractivity contribution in [3.63, 3.8) is 0 Å². The van der Waals surface area contributed by atoms with Crippen molar-refractivity contribution in [3.05, 3.63) is 35.4 Å². The molecule has 0 spiro atoms. The van der Waals surface area contributed by atoms with Crippen molar-refractivity contribution in [1.82, 2.24) is 4.90 Å². The van der Waals surface area contributed by atoms with Gasteiger partial charge in [-0.1, -0.05) is 26.0 Å². The fraction of sp³-hybridized carbons (Fsp3) is 0.533. The SMILES string of the molecule is CC(C)c1ccc(C(=O)N2CCC(N)CC2)cc1. The van der Waals surface area contributed by atoms with Crippen molar-refractivity contribution < 1.29 is 4.79 Å². The van der Waals surface area contributed by atoms with Gasteiger partial charge in [0.25, 0.3) is 5.91 Å². The summed E-state index contributed by atoms with van der Waals surface area (Å²) in [5.41, 5.74) is 7.91. The number of hydrogen-bond donors (Lipinski definition) is 1. The second kappa shape index (κ2) is 5.53. The molecule has 0 unspecified atom stereocenters. The van der Waals surface area contributed by atoms with E-state index in [0.29, 0.717) is 5.92 Å². The highest BCUT2D eigenvalue weighted by molar-refractivity contribution is 5.94. The lowest BCUT2D eigenvalue weighted by atomic mass is 10.0. The van der Waals surface area contributed by atoms with Crippen LogP contribution in [-0.4, -0.2) is 29.9 Å². The molecule has 0 radical (unpaired) electrons. The number of nitrogens with two attached hydrogens (primary N) is 1. The highest BCUT2D eigenvalue weighted by atomic mass is 16.2. The predicted molar refractivity (Wildman–Crippen MR) is 73.6 cm³/mol. The molecule has 3 heteroatoms. The van der Waals surface area contributed by atoms with Crippen molar-refractivity contribution in [1.29, 1.82) is 0 Å². The first-order chi connectivity index (χ1) is 8.58. The van der Waals surface area contributed by atoms with Gasteiger partial charge in [-0.2, -0.15) is 0 Å². The first-order valence-corrected chi connectivity index (χ1v) is 6.72. The van der Waals surface area contributed by atoms with E-state index in [1.54, 1.807) is 0 Å². The summed E-state index contributed by atoms with van der Waals surface area (Å²) in [5.74, 6) is 0.638. The fourth-order valence-corrected chi connectivity index (χ4v) is 2.30. The van der Waals surface area contributed by atoms with E-state index in [2.05, 4.69) is 13.8 Å². The first kappa shape index (κ1) is 13.1. The van der Waals surface area contributed by atoms with Gasteiger partial charge in [-0.05, 0) is 36.5 Å². The maximum Gasteiger partial charge on any atom is 0.253 e. The number of nitrogens with zero attached hydrogens (tertiary/aromatic N) is 1. The monoisotopic (exact) mass is 246 g/mol. The number of amides is 1. The largest absolute Gasteiger partial charge is 0.339 e. The van der Waals surface area contributed by atoms with Gasteiger partial charge in [0.15, 0.2) is 0 Å². The van der Waals surface area contributed by atoms with Gasteiger partial charge >= 0.3 is 0 Å². The molecule has 0 atom stereocenters. The van der Waals surface area contributed by atoms with E-state index in [-0.39, 0.29) is 11.9 Å². The second-order valence-electron chi connectivity index (χ2n) is 5.41. The summed E-state index contributed by atoms with van der Waals surface area (Å²) in [7, 11) is 0.